The van der Waals surface area contributed by atoms with Crippen LogP contribution < -0.4 is 5.32 Å². The van der Waals surface area contributed by atoms with Gasteiger partial charge < -0.3 is 5.32 Å². The second-order valence-corrected chi connectivity index (χ2v) is 6.47. The maximum absolute atomic E-state index is 6.14. The average Bonchev–Trinajstić information content (AvgIpc) is 2.64. The summed E-state index contributed by atoms with van der Waals surface area (Å²) in [5, 5.41) is 4.32. The Morgan fingerprint density at radius 1 is 1.22 bits per heavy atom. The fourth-order valence-corrected chi connectivity index (χ4v) is 3.72. The highest BCUT2D eigenvalue weighted by molar-refractivity contribution is 9.10. The molecule has 1 aliphatic rings. The number of rotatable bonds is 3. The number of nitrogens with one attached hydrogen (secondary N) is 1. The lowest BCUT2D eigenvalue weighted by molar-refractivity contribution is 0.341. The van der Waals surface area contributed by atoms with E-state index in [1.807, 2.05) is 6.07 Å². The zero-order chi connectivity index (χ0) is 13.0. The topological polar surface area (TPSA) is 12.0 Å². The summed E-state index contributed by atoms with van der Waals surface area (Å²) in [7, 11) is 2.06. The number of hydrogen-bond acceptors (Lipinski definition) is 1. The normalized spacial score (nSPS) is 19.5. The fourth-order valence-electron chi connectivity index (χ4n) is 3.04. The largest absolute Gasteiger partial charge is 0.313 e. The Morgan fingerprint density at radius 3 is 2.50 bits per heavy atom. The lowest BCUT2D eigenvalue weighted by atomic mass is 9.87. The highest BCUT2D eigenvalue weighted by atomic mass is 79.9. The summed E-state index contributed by atoms with van der Waals surface area (Å²) in [6.45, 7) is 0. The minimum absolute atomic E-state index is 0.413. The molecule has 1 N–H and O–H groups in total. The van der Waals surface area contributed by atoms with Crippen LogP contribution in [0.3, 0.4) is 0 Å². The minimum Gasteiger partial charge on any atom is -0.313 e. The fraction of sp³-hybridized carbons (Fsp3) is 0.600. The molecule has 100 valence electrons. The molecule has 1 nitrogen and oxygen atoms in total. The van der Waals surface area contributed by atoms with E-state index in [1.54, 1.807) is 0 Å². The molecule has 2 rings (SSSR count). The maximum Gasteiger partial charge on any atom is 0.0410 e. The van der Waals surface area contributed by atoms with Crippen LogP contribution >= 0.6 is 27.5 Å². The first-order chi connectivity index (χ1) is 8.72. The smallest absolute Gasteiger partial charge is 0.0410 e. The van der Waals surface area contributed by atoms with Crippen LogP contribution in [0, 0.1) is 5.92 Å². The summed E-state index contributed by atoms with van der Waals surface area (Å²) in [5.41, 5.74) is 1.30. The molecule has 0 heterocycles. The van der Waals surface area contributed by atoms with E-state index in [0.29, 0.717) is 6.04 Å². The Labute approximate surface area is 123 Å². The lowest BCUT2D eigenvalue weighted by Gasteiger charge is -2.27. The minimum atomic E-state index is 0.413. The number of benzene rings is 1. The van der Waals surface area contributed by atoms with E-state index in [-0.39, 0.29) is 0 Å². The van der Waals surface area contributed by atoms with Crippen molar-refractivity contribution in [2.24, 2.45) is 5.92 Å². The van der Waals surface area contributed by atoms with Gasteiger partial charge in [0.1, 0.15) is 0 Å². The van der Waals surface area contributed by atoms with Gasteiger partial charge in [0.2, 0.25) is 0 Å². The van der Waals surface area contributed by atoms with Gasteiger partial charge in [0, 0.05) is 15.5 Å². The lowest BCUT2D eigenvalue weighted by Crippen LogP contribution is -2.25. The second-order valence-electron chi connectivity index (χ2n) is 5.18. The van der Waals surface area contributed by atoms with E-state index in [9.17, 15) is 0 Å². The van der Waals surface area contributed by atoms with Crippen LogP contribution in [0.4, 0.5) is 0 Å². The van der Waals surface area contributed by atoms with Gasteiger partial charge in [-0.15, -0.1) is 0 Å². The molecular weight excluding hydrogens is 310 g/mol. The van der Waals surface area contributed by atoms with Gasteiger partial charge in [-0.05, 0) is 49.6 Å². The highest BCUT2D eigenvalue weighted by Gasteiger charge is 2.24. The van der Waals surface area contributed by atoms with Gasteiger partial charge in [-0.25, -0.2) is 0 Å². The molecule has 3 heteroatoms. The van der Waals surface area contributed by atoms with Crippen LogP contribution in [0.25, 0.3) is 0 Å². The van der Waals surface area contributed by atoms with Gasteiger partial charge in [-0.3, -0.25) is 0 Å². The summed E-state index contributed by atoms with van der Waals surface area (Å²) in [6, 6.07) is 6.50. The van der Waals surface area contributed by atoms with Crippen molar-refractivity contribution in [3.8, 4) is 0 Å². The van der Waals surface area contributed by atoms with Crippen molar-refractivity contribution >= 4 is 27.5 Å². The maximum atomic E-state index is 6.14. The van der Waals surface area contributed by atoms with Crippen LogP contribution in [0.1, 0.15) is 50.1 Å². The molecule has 1 fully saturated rings. The van der Waals surface area contributed by atoms with Crippen molar-refractivity contribution in [1.82, 2.24) is 5.32 Å². The van der Waals surface area contributed by atoms with Crippen molar-refractivity contribution in [3.63, 3.8) is 0 Å². The Kier molecular flexibility index (Phi) is 5.53. The third-order valence-corrected chi connectivity index (χ3v) is 4.93. The van der Waals surface area contributed by atoms with Crippen LogP contribution in [0.5, 0.6) is 0 Å². The average molecular weight is 331 g/mol. The highest BCUT2D eigenvalue weighted by Crippen LogP contribution is 2.37. The predicted molar refractivity (Wildman–Crippen MR) is 82.1 cm³/mol. The molecule has 0 amide bonds. The van der Waals surface area contributed by atoms with Crippen LogP contribution in [-0.2, 0) is 0 Å². The van der Waals surface area contributed by atoms with Gasteiger partial charge >= 0.3 is 0 Å². The molecule has 0 aromatic heterocycles. The molecule has 0 bridgehead atoms. The monoisotopic (exact) mass is 329 g/mol. The zero-order valence-corrected chi connectivity index (χ0v) is 13.2. The molecule has 1 saturated carbocycles. The van der Waals surface area contributed by atoms with Crippen LogP contribution in [0.2, 0.25) is 5.02 Å². The van der Waals surface area contributed by atoms with Gasteiger partial charge in [-0.2, -0.15) is 0 Å². The summed E-state index contributed by atoms with van der Waals surface area (Å²) in [6.07, 6.45) is 8.16. The third kappa shape index (κ3) is 3.49. The van der Waals surface area contributed by atoms with Crippen molar-refractivity contribution in [2.75, 3.05) is 7.05 Å². The number of hydrogen-bond donors (Lipinski definition) is 1. The molecule has 0 saturated heterocycles. The first-order valence-electron chi connectivity index (χ1n) is 6.84. The summed E-state index contributed by atoms with van der Waals surface area (Å²) in [5.74, 6) is 0.729. The molecule has 1 unspecified atom stereocenters. The zero-order valence-electron chi connectivity index (χ0n) is 10.9. The molecule has 0 radical (unpaired) electrons. The van der Waals surface area contributed by atoms with Gasteiger partial charge in [0.15, 0.2) is 0 Å². The first kappa shape index (κ1) is 14.4. The SMILES string of the molecule is CNC(c1cc(Cl)ccc1Br)C1CCCCCC1. The number of halogens is 2. The Hall–Kier alpha value is -0.0500. The van der Waals surface area contributed by atoms with E-state index in [0.717, 1.165) is 15.4 Å². The molecule has 1 aliphatic carbocycles. The summed E-state index contributed by atoms with van der Waals surface area (Å²) < 4.78 is 1.16. The van der Waals surface area contributed by atoms with E-state index < -0.39 is 0 Å². The van der Waals surface area contributed by atoms with Crippen LogP contribution in [-0.4, -0.2) is 7.05 Å². The van der Waals surface area contributed by atoms with Gasteiger partial charge in [-0.1, -0.05) is 53.2 Å². The quantitative estimate of drug-likeness (QED) is 0.738. The molecule has 1 aromatic rings. The molecule has 1 aromatic carbocycles. The van der Waals surface area contributed by atoms with Crippen LogP contribution in [0.15, 0.2) is 22.7 Å². The van der Waals surface area contributed by atoms with Gasteiger partial charge in [0.05, 0.1) is 0 Å². The molecule has 0 spiro atoms. The Balaban J connectivity index is 2.23. The standard InChI is InChI=1S/C15H21BrClN/c1-18-15(11-6-4-2-3-5-7-11)13-10-12(17)8-9-14(13)16/h8-11,15,18H,2-7H2,1H3. The first-order valence-corrected chi connectivity index (χ1v) is 8.01. The summed E-state index contributed by atoms with van der Waals surface area (Å²) >= 11 is 9.80. The second kappa shape index (κ2) is 6.93. The molecule has 0 aliphatic heterocycles. The van der Waals surface area contributed by atoms with Crippen molar-refractivity contribution < 1.29 is 0 Å². The third-order valence-electron chi connectivity index (χ3n) is 3.98. The van der Waals surface area contributed by atoms with E-state index in [2.05, 4.69) is 40.4 Å². The van der Waals surface area contributed by atoms with E-state index >= 15 is 0 Å². The molecular formula is C15H21BrClN. The van der Waals surface area contributed by atoms with Crippen molar-refractivity contribution in [2.45, 2.75) is 44.6 Å². The van der Waals surface area contributed by atoms with Crippen molar-refractivity contribution in [3.05, 3.63) is 33.3 Å². The Morgan fingerprint density at radius 2 is 1.89 bits per heavy atom. The van der Waals surface area contributed by atoms with E-state index in [1.165, 1.54) is 44.1 Å². The molecule has 1 atom stereocenters. The summed E-state index contributed by atoms with van der Waals surface area (Å²) in [4.78, 5) is 0. The van der Waals surface area contributed by atoms with Crippen molar-refractivity contribution in [1.29, 1.82) is 0 Å². The van der Waals surface area contributed by atoms with E-state index in [4.69, 9.17) is 11.6 Å². The molecule has 18 heavy (non-hydrogen) atoms. The predicted octanol–water partition coefficient (Wildman–Crippen LogP) is 5.33. The van der Waals surface area contributed by atoms with Gasteiger partial charge in [0.25, 0.3) is 0 Å². The Bertz CT molecular complexity index is 386.